The molecule has 1 rings (SSSR count). The zero-order valence-corrected chi connectivity index (χ0v) is 9.39. The number of hydrogen-bond donors (Lipinski definition) is 1. The third-order valence-electron chi connectivity index (χ3n) is 1.89. The van der Waals surface area contributed by atoms with E-state index >= 15 is 0 Å². The quantitative estimate of drug-likeness (QED) is 0.906. The largest absolute Gasteiger partial charge is 0.496 e. The first kappa shape index (κ1) is 12.3. The van der Waals surface area contributed by atoms with Crippen molar-refractivity contribution in [2.24, 2.45) is 5.73 Å². The van der Waals surface area contributed by atoms with E-state index in [2.05, 4.69) is 15.9 Å². The summed E-state index contributed by atoms with van der Waals surface area (Å²) in [4.78, 5) is 0. The Hall–Kier alpha value is -0.750. The summed E-state index contributed by atoms with van der Waals surface area (Å²) in [6, 6.07) is 2.06. The Labute approximate surface area is 93.3 Å². The lowest BCUT2D eigenvalue weighted by Crippen LogP contribution is -2.28. The summed E-state index contributed by atoms with van der Waals surface area (Å²) in [5.41, 5.74) is 5.04. The van der Waals surface area contributed by atoms with E-state index in [0.29, 0.717) is 10.2 Å². The predicted molar refractivity (Wildman–Crippen MR) is 53.7 cm³/mol. The van der Waals surface area contributed by atoms with Crippen LogP contribution in [0.4, 0.5) is 13.2 Å². The SMILES string of the molecule is COc1ccc([C@H](N)C(F)(F)F)cc1Br. The molecule has 0 spiro atoms. The van der Waals surface area contributed by atoms with Crippen LogP contribution >= 0.6 is 15.9 Å². The molecule has 2 nitrogen and oxygen atoms in total. The molecule has 2 N–H and O–H groups in total. The van der Waals surface area contributed by atoms with Gasteiger partial charge in [0.05, 0.1) is 11.6 Å². The van der Waals surface area contributed by atoms with E-state index in [0.717, 1.165) is 0 Å². The Morgan fingerprint density at radius 3 is 2.40 bits per heavy atom. The molecule has 6 heteroatoms. The number of nitrogens with two attached hydrogens (primary N) is 1. The van der Waals surface area contributed by atoms with Crippen molar-refractivity contribution in [3.8, 4) is 5.75 Å². The van der Waals surface area contributed by atoms with Crippen LogP contribution in [0.25, 0.3) is 0 Å². The van der Waals surface area contributed by atoms with Crippen LogP contribution in [0, 0.1) is 0 Å². The Balaban J connectivity index is 3.02. The summed E-state index contributed by atoms with van der Waals surface area (Å²) in [6.07, 6.45) is -4.44. The predicted octanol–water partition coefficient (Wildman–Crippen LogP) is 3.02. The van der Waals surface area contributed by atoms with E-state index in [9.17, 15) is 13.2 Å². The molecule has 0 radical (unpaired) electrons. The number of benzene rings is 1. The van der Waals surface area contributed by atoms with E-state index in [1.807, 2.05) is 0 Å². The number of alkyl halides is 3. The second-order valence-electron chi connectivity index (χ2n) is 2.91. The third-order valence-corrected chi connectivity index (χ3v) is 2.51. The molecule has 0 aliphatic carbocycles. The van der Waals surface area contributed by atoms with Crippen LogP contribution < -0.4 is 10.5 Å². The van der Waals surface area contributed by atoms with Crippen molar-refractivity contribution in [2.45, 2.75) is 12.2 Å². The zero-order chi connectivity index (χ0) is 11.6. The highest BCUT2D eigenvalue weighted by atomic mass is 79.9. The molecule has 0 fully saturated rings. The summed E-state index contributed by atoms with van der Waals surface area (Å²) in [6.45, 7) is 0. The van der Waals surface area contributed by atoms with E-state index < -0.39 is 12.2 Å². The number of hydrogen-bond acceptors (Lipinski definition) is 2. The summed E-state index contributed by atoms with van der Waals surface area (Å²) < 4.78 is 42.2. The highest BCUT2D eigenvalue weighted by Gasteiger charge is 2.37. The highest BCUT2D eigenvalue weighted by molar-refractivity contribution is 9.10. The topological polar surface area (TPSA) is 35.2 Å². The minimum atomic E-state index is -4.44. The molecule has 1 aromatic carbocycles. The average molecular weight is 284 g/mol. The van der Waals surface area contributed by atoms with Gasteiger partial charge in [0.2, 0.25) is 0 Å². The van der Waals surface area contributed by atoms with Crippen molar-refractivity contribution >= 4 is 15.9 Å². The van der Waals surface area contributed by atoms with Crippen molar-refractivity contribution < 1.29 is 17.9 Å². The van der Waals surface area contributed by atoms with Gasteiger partial charge in [0.25, 0.3) is 0 Å². The molecule has 1 atom stereocenters. The van der Waals surface area contributed by atoms with E-state index in [-0.39, 0.29) is 5.56 Å². The minimum absolute atomic E-state index is 0.00447. The standard InChI is InChI=1S/C9H9BrF3NO/c1-15-7-3-2-5(4-6(7)10)8(14)9(11,12)13/h2-4,8H,14H2,1H3/t8-/m0/s1. The molecular formula is C9H9BrF3NO. The van der Waals surface area contributed by atoms with Crippen LogP contribution in [-0.4, -0.2) is 13.3 Å². The molecule has 0 bridgehead atoms. The van der Waals surface area contributed by atoms with Gasteiger partial charge in [-0.15, -0.1) is 0 Å². The summed E-state index contributed by atoms with van der Waals surface area (Å²) in [7, 11) is 1.43. The molecule has 84 valence electrons. The van der Waals surface area contributed by atoms with Gasteiger partial charge in [-0.25, -0.2) is 0 Å². The van der Waals surface area contributed by atoms with Crippen molar-refractivity contribution in [1.29, 1.82) is 0 Å². The molecule has 0 saturated carbocycles. The van der Waals surface area contributed by atoms with Crippen LogP contribution in [0.1, 0.15) is 11.6 Å². The maximum absolute atomic E-state index is 12.3. The average Bonchev–Trinajstić information content (AvgIpc) is 2.15. The van der Waals surface area contributed by atoms with Crippen molar-refractivity contribution in [3.05, 3.63) is 28.2 Å². The number of methoxy groups -OCH3 is 1. The van der Waals surface area contributed by atoms with Crippen molar-refractivity contribution in [3.63, 3.8) is 0 Å². The molecule has 0 aliphatic heterocycles. The third kappa shape index (κ3) is 2.85. The molecule has 0 aromatic heterocycles. The fourth-order valence-corrected chi connectivity index (χ4v) is 1.62. The van der Waals surface area contributed by atoms with Gasteiger partial charge in [0.1, 0.15) is 11.8 Å². The van der Waals surface area contributed by atoms with Gasteiger partial charge in [-0.05, 0) is 33.6 Å². The second kappa shape index (κ2) is 4.40. The molecule has 15 heavy (non-hydrogen) atoms. The molecule has 1 aromatic rings. The van der Waals surface area contributed by atoms with Crippen LogP contribution in [0.3, 0.4) is 0 Å². The molecule has 0 aliphatic rings. The first-order chi connectivity index (χ1) is 6.86. The van der Waals surface area contributed by atoms with E-state index in [1.165, 1.54) is 25.3 Å². The van der Waals surface area contributed by atoms with Gasteiger partial charge in [-0.3, -0.25) is 0 Å². The van der Waals surface area contributed by atoms with Gasteiger partial charge in [-0.2, -0.15) is 13.2 Å². The first-order valence-electron chi connectivity index (χ1n) is 4.02. The number of halogens is 4. The second-order valence-corrected chi connectivity index (χ2v) is 3.77. The minimum Gasteiger partial charge on any atom is -0.496 e. The van der Waals surface area contributed by atoms with Crippen LogP contribution in [0.5, 0.6) is 5.75 Å². The first-order valence-corrected chi connectivity index (χ1v) is 4.81. The van der Waals surface area contributed by atoms with Crippen LogP contribution in [0.2, 0.25) is 0 Å². The fourth-order valence-electron chi connectivity index (χ4n) is 1.07. The van der Waals surface area contributed by atoms with E-state index in [1.54, 1.807) is 0 Å². The summed E-state index contributed by atoms with van der Waals surface area (Å²) >= 11 is 3.09. The number of ether oxygens (including phenoxy) is 1. The smallest absolute Gasteiger partial charge is 0.407 e. The number of rotatable bonds is 2. The lowest BCUT2D eigenvalue weighted by Gasteiger charge is -2.16. The van der Waals surface area contributed by atoms with Gasteiger partial charge >= 0.3 is 6.18 Å². The molecule has 0 unspecified atom stereocenters. The molecule has 0 heterocycles. The Morgan fingerprint density at radius 1 is 1.40 bits per heavy atom. The van der Waals surface area contributed by atoms with Crippen molar-refractivity contribution in [1.82, 2.24) is 0 Å². The molecular weight excluding hydrogens is 275 g/mol. The van der Waals surface area contributed by atoms with Crippen LogP contribution in [-0.2, 0) is 0 Å². The normalized spacial score (nSPS) is 13.7. The highest BCUT2D eigenvalue weighted by Crippen LogP contribution is 2.34. The summed E-state index contributed by atoms with van der Waals surface area (Å²) in [5, 5.41) is 0. The van der Waals surface area contributed by atoms with E-state index in [4.69, 9.17) is 10.5 Å². The summed E-state index contributed by atoms with van der Waals surface area (Å²) in [5.74, 6) is 0.466. The Morgan fingerprint density at radius 2 is 2.00 bits per heavy atom. The van der Waals surface area contributed by atoms with Crippen LogP contribution in [0.15, 0.2) is 22.7 Å². The van der Waals surface area contributed by atoms with Gasteiger partial charge in [0.15, 0.2) is 0 Å². The van der Waals surface area contributed by atoms with Gasteiger partial charge in [0, 0.05) is 0 Å². The Kier molecular flexibility index (Phi) is 3.62. The Bertz CT molecular complexity index is 354. The van der Waals surface area contributed by atoms with Crippen molar-refractivity contribution in [2.75, 3.05) is 7.11 Å². The zero-order valence-electron chi connectivity index (χ0n) is 7.81. The lowest BCUT2D eigenvalue weighted by atomic mass is 10.1. The van der Waals surface area contributed by atoms with Gasteiger partial charge in [-0.1, -0.05) is 6.07 Å². The molecule has 0 amide bonds. The monoisotopic (exact) mass is 283 g/mol. The maximum atomic E-state index is 12.3. The lowest BCUT2D eigenvalue weighted by molar-refractivity contribution is -0.149. The maximum Gasteiger partial charge on any atom is 0.407 e. The molecule has 0 saturated heterocycles. The fraction of sp³-hybridized carbons (Fsp3) is 0.333. The van der Waals surface area contributed by atoms with Gasteiger partial charge < -0.3 is 10.5 Å².